The van der Waals surface area contributed by atoms with Gasteiger partial charge in [0, 0.05) is 24.7 Å². The molecule has 1 aromatic carbocycles. The number of anilines is 1. The molecule has 2 saturated carbocycles. The highest BCUT2D eigenvalue weighted by Crippen LogP contribution is 2.55. The van der Waals surface area contributed by atoms with Gasteiger partial charge in [0.05, 0.1) is 11.1 Å². The second-order valence-electron chi connectivity index (χ2n) is 10.5. The van der Waals surface area contributed by atoms with Crippen molar-refractivity contribution in [2.24, 2.45) is 11.3 Å². The van der Waals surface area contributed by atoms with E-state index in [0.717, 1.165) is 11.4 Å². The van der Waals surface area contributed by atoms with Crippen LogP contribution in [0.4, 0.5) is 5.69 Å². The third kappa shape index (κ3) is 3.84. The summed E-state index contributed by atoms with van der Waals surface area (Å²) in [5, 5.41) is 5.66. The van der Waals surface area contributed by atoms with Crippen molar-refractivity contribution in [1.82, 2.24) is 15.1 Å². The minimum atomic E-state index is -0.938. The SMILES string of the molecule is CN(C)C1CCC2(CC1)CC(CNc1cccc3c1C(=O)N(C1CCC(=O)NC1=O)C3=O)C2. The maximum Gasteiger partial charge on any atom is 0.264 e. The summed E-state index contributed by atoms with van der Waals surface area (Å²) < 4.78 is 0. The molecule has 1 saturated heterocycles. The molecule has 2 aliphatic carbocycles. The molecule has 8 nitrogen and oxygen atoms in total. The Morgan fingerprint density at radius 3 is 2.45 bits per heavy atom. The molecule has 1 aromatic rings. The Bertz CT molecular complexity index is 1000. The first-order valence-electron chi connectivity index (χ1n) is 12.0. The monoisotopic (exact) mass is 452 g/mol. The van der Waals surface area contributed by atoms with Crippen LogP contribution in [-0.2, 0) is 9.59 Å². The number of nitrogens with one attached hydrogen (secondary N) is 2. The maximum absolute atomic E-state index is 13.2. The summed E-state index contributed by atoms with van der Waals surface area (Å²) in [6, 6.07) is 5.00. The molecule has 5 rings (SSSR count). The average Bonchev–Trinajstić information content (AvgIpc) is 3.02. The molecule has 1 unspecified atom stereocenters. The van der Waals surface area contributed by atoms with Gasteiger partial charge in [-0.1, -0.05) is 6.07 Å². The number of carbonyl (C=O) groups is 4. The van der Waals surface area contributed by atoms with Gasteiger partial charge in [0.2, 0.25) is 11.8 Å². The molecule has 4 aliphatic rings. The van der Waals surface area contributed by atoms with Gasteiger partial charge in [-0.2, -0.15) is 0 Å². The van der Waals surface area contributed by atoms with E-state index < -0.39 is 23.8 Å². The number of nitrogens with zero attached hydrogens (tertiary/aromatic N) is 2. The van der Waals surface area contributed by atoms with Crippen molar-refractivity contribution in [3.05, 3.63) is 29.3 Å². The van der Waals surface area contributed by atoms with Crippen LogP contribution in [0, 0.1) is 11.3 Å². The van der Waals surface area contributed by atoms with Crippen LogP contribution >= 0.6 is 0 Å². The van der Waals surface area contributed by atoms with Crippen LogP contribution in [0.1, 0.15) is 72.1 Å². The maximum atomic E-state index is 13.2. The van der Waals surface area contributed by atoms with Gasteiger partial charge >= 0.3 is 0 Å². The predicted molar refractivity (Wildman–Crippen MR) is 123 cm³/mol. The Labute approximate surface area is 194 Å². The van der Waals surface area contributed by atoms with Gasteiger partial charge in [0.25, 0.3) is 11.8 Å². The molecule has 1 atom stereocenters. The number of imide groups is 2. The molecule has 2 heterocycles. The Balaban J connectivity index is 1.23. The number of hydrogen-bond donors (Lipinski definition) is 2. The first-order valence-corrected chi connectivity index (χ1v) is 12.0. The number of benzene rings is 1. The number of rotatable bonds is 5. The molecule has 0 aromatic heterocycles. The molecule has 1 spiro atoms. The molecule has 0 bridgehead atoms. The lowest BCUT2D eigenvalue weighted by molar-refractivity contribution is -0.136. The van der Waals surface area contributed by atoms with E-state index >= 15 is 0 Å². The zero-order valence-electron chi connectivity index (χ0n) is 19.4. The molecule has 0 radical (unpaired) electrons. The van der Waals surface area contributed by atoms with Crippen LogP contribution < -0.4 is 10.6 Å². The molecule has 176 valence electrons. The van der Waals surface area contributed by atoms with Crippen molar-refractivity contribution in [2.75, 3.05) is 26.0 Å². The molecule has 8 heteroatoms. The molecular weight excluding hydrogens is 420 g/mol. The third-order valence-corrected chi connectivity index (χ3v) is 8.24. The number of carbonyl (C=O) groups excluding carboxylic acids is 4. The van der Waals surface area contributed by atoms with E-state index in [0.29, 0.717) is 34.2 Å². The lowest BCUT2D eigenvalue weighted by Crippen LogP contribution is -2.54. The Morgan fingerprint density at radius 1 is 1.06 bits per heavy atom. The van der Waals surface area contributed by atoms with Crippen molar-refractivity contribution >= 4 is 29.3 Å². The van der Waals surface area contributed by atoms with Crippen LogP contribution in [0.25, 0.3) is 0 Å². The second-order valence-corrected chi connectivity index (χ2v) is 10.5. The molecule has 4 amide bonds. The summed E-state index contributed by atoms with van der Waals surface area (Å²) in [7, 11) is 4.34. The molecular formula is C25H32N4O4. The van der Waals surface area contributed by atoms with Gasteiger partial charge in [-0.05, 0) is 82.5 Å². The third-order valence-electron chi connectivity index (χ3n) is 8.24. The van der Waals surface area contributed by atoms with Gasteiger partial charge < -0.3 is 10.2 Å². The molecule has 2 N–H and O–H groups in total. The summed E-state index contributed by atoms with van der Waals surface area (Å²) in [6.07, 6.45) is 7.83. The molecule has 33 heavy (non-hydrogen) atoms. The zero-order chi connectivity index (χ0) is 23.3. The van der Waals surface area contributed by atoms with Crippen LogP contribution in [0.3, 0.4) is 0 Å². The Morgan fingerprint density at radius 2 is 1.79 bits per heavy atom. The molecule has 3 fully saturated rings. The zero-order valence-corrected chi connectivity index (χ0v) is 19.4. The number of fused-ring (bicyclic) bond motifs is 1. The van der Waals surface area contributed by atoms with Crippen molar-refractivity contribution < 1.29 is 19.2 Å². The topological polar surface area (TPSA) is 98.8 Å². The van der Waals surface area contributed by atoms with Crippen molar-refractivity contribution in [3.8, 4) is 0 Å². The average molecular weight is 453 g/mol. The fourth-order valence-corrected chi connectivity index (χ4v) is 6.37. The number of amides is 4. The summed E-state index contributed by atoms with van der Waals surface area (Å²) >= 11 is 0. The van der Waals surface area contributed by atoms with Crippen LogP contribution in [-0.4, -0.2) is 66.2 Å². The van der Waals surface area contributed by atoms with Crippen LogP contribution in [0.5, 0.6) is 0 Å². The van der Waals surface area contributed by atoms with Gasteiger partial charge in [0.15, 0.2) is 0 Å². The van der Waals surface area contributed by atoms with E-state index in [1.54, 1.807) is 12.1 Å². The quantitative estimate of drug-likeness (QED) is 0.666. The minimum absolute atomic E-state index is 0.119. The van der Waals surface area contributed by atoms with Crippen molar-refractivity contribution in [2.45, 2.75) is 63.5 Å². The Kier molecular flexibility index (Phi) is 5.51. The van der Waals surface area contributed by atoms with E-state index in [2.05, 4.69) is 29.6 Å². The van der Waals surface area contributed by atoms with Crippen LogP contribution in [0.2, 0.25) is 0 Å². The lowest BCUT2D eigenvalue weighted by atomic mass is 9.55. The summed E-state index contributed by atoms with van der Waals surface area (Å²) in [6.45, 7) is 0.773. The standard InChI is InChI=1S/C25H32N4O4/c1-28(2)16-8-10-25(11-9-16)12-15(13-25)14-26-18-5-3-4-17-21(18)24(33)29(23(17)32)19-6-7-20(30)27-22(19)31/h3-5,15-16,19,26H,6-14H2,1-2H3,(H,27,30,31). The highest BCUT2D eigenvalue weighted by Gasteiger charge is 2.47. The first kappa shape index (κ1) is 22.1. The van der Waals surface area contributed by atoms with Crippen molar-refractivity contribution in [1.29, 1.82) is 0 Å². The minimum Gasteiger partial charge on any atom is -0.384 e. The summed E-state index contributed by atoms with van der Waals surface area (Å²) in [5.74, 6) is -1.31. The highest BCUT2D eigenvalue weighted by atomic mass is 16.2. The van der Waals surface area contributed by atoms with E-state index in [9.17, 15) is 19.2 Å². The highest BCUT2D eigenvalue weighted by molar-refractivity contribution is 6.25. The van der Waals surface area contributed by atoms with E-state index in [1.807, 2.05) is 6.07 Å². The summed E-state index contributed by atoms with van der Waals surface area (Å²) in [5.41, 5.74) is 1.80. The van der Waals surface area contributed by atoms with E-state index in [-0.39, 0.29) is 18.7 Å². The van der Waals surface area contributed by atoms with Crippen LogP contribution in [0.15, 0.2) is 18.2 Å². The second kappa shape index (κ2) is 8.24. The fraction of sp³-hybridized carbons (Fsp3) is 0.600. The normalized spacial score (nSPS) is 31.6. The first-order chi connectivity index (χ1) is 15.8. The number of hydrogen-bond acceptors (Lipinski definition) is 6. The predicted octanol–water partition coefficient (Wildman–Crippen LogP) is 2.40. The molecule has 2 aliphatic heterocycles. The van der Waals surface area contributed by atoms with Crippen molar-refractivity contribution in [3.63, 3.8) is 0 Å². The van der Waals surface area contributed by atoms with E-state index in [4.69, 9.17) is 0 Å². The lowest BCUT2D eigenvalue weighted by Gasteiger charge is -2.52. The van der Waals surface area contributed by atoms with Gasteiger partial charge in [-0.25, -0.2) is 0 Å². The fourth-order valence-electron chi connectivity index (χ4n) is 6.37. The van der Waals surface area contributed by atoms with Gasteiger partial charge in [-0.15, -0.1) is 0 Å². The van der Waals surface area contributed by atoms with E-state index in [1.165, 1.54) is 38.5 Å². The smallest absolute Gasteiger partial charge is 0.264 e. The van der Waals surface area contributed by atoms with Gasteiger partial charge in [-0.3, -0.25) is 29.4 Å². The largest absolute Gasteiger partial charge is 0.384 e. The number of piperidine rings is 1. The van der Waals surface area contributed by atoms with Gasteiger partial charge in [0.1, 0.15) is 6.04 Å². The Hall–Kier alpha value is -2.74. The summed E-state index contributed by atoms with van der Waals surface area (Å²) in [4.78, 5) is 53.3.